The summed E-state index contributed by atoms with van der Waals surface area (Å²) in [7, 11) is -2.47. The Morgan fingerprint density at radius 1 is 1.08 bits per heavy atom. The molecule has 37 heavy (non-hydrogen) atoms. The van der Waals surface area contributed by atoms with Gasteiger partial charge in [-0.2, -0.15) is 0 Å². The van der Waals surface area contributed by atoms with E-state index in [0.29, 0.717) is 34.2 Å². The minimum Gasteiger partial charge on any atom is -0.495 e. The molecule has 0 saturated heterocycles. The lowest BCUT2D eigenvalue weighted by atomic mass is 10.1. The zero-order chi connectivity index (χ0) is 27.9. The molecule has 0 heterocycles. The monoisotopic (exact) mass is 571 g/mol. The first-order valence-electron chi connectivity index (χ1n) is 12.0. The standard InChI is InChI=1S/C26H35Cl2N3O5S/c1-7-18(4)29-26(33)22(8-2)30(15-19-10-11-20(27)14-21(19)28)25(32)16-31(37(6,34)35)23-13-17(3)9-12-24(23)36-5/h9-14,18,22H,7-8,15-16H2,1-6H3,(H,29,33)/t18-,22-/m0/s1. The molecule has 0 aliphatic carbocycles. The van der Waals surface area contributed by atoms with Gasteiger partial charge in [0, 0.05) is 22.6 Å². The minimum atomic E-state index is -3.90. The molecule has 0 saturated carbocycles. The van der Waals surface area contributed by atoms with Crippen LogP contribution in [0.5, 0.6) is 5.75 Å². The first-order valence-corrected chi connectivity index (χ1v) is 14.6. The quantitative estimate of drug-likeness (QED) is 0.394. The molecule has 0 aliphatic rings. The van der Waals surface area contributed by atoms with Crippen LogP contribution in [0.1, 0.15) is 44.7 Å². The minimum absolute atomic E-state index is 0.0101. The van der Waals surface area contributed by atoms with Gasteiger partial charge < -0.3 is 15.0 Å². The molecule has 2 atom stereocenters. The molecule has 11 heteroatoms. The van der Waals surface area contributed by atoms with Gasteiger partial charge >= 0.3 is 0 Å². The molecule has 0 spiro atoms. The van der Waals surface area contributed by atoms with Crippen molar-refractivity contribution < 1.29 is 22.7 Å². The van der Waals surface area contributed by atoms with Gasteiger partial charge in [0.2, 0.25) is 21.8 Å². The fourth-order valence-corrected chi connectivity index (χ4v) is 5.10. The number of halogens is 2. The second-order valence-corrected chi connectivity index (χ2v) is 11.7. The van der Waals surface area contributed by atoms with Crippen molar-refractivity contribution in [1.29, 1.82) is 0 Å². The summed E-state index contributed by atoms with van der Waals surface area (Å²) in [6.07, 6.45) is 2.05. The number of rotatable bonds is 12. The molecule has 1 N–H and O–H groups in total. The molecule has 0 bridgehead atoms. The fraction of sp³-hybridized carbons (Fsp3) is 0.462. The normalized spacial score (nSPS) is 13.0. The Morgan fingerprint density at radius 3 is 2.30 bits per heavy atom. The van der Waals surface area contributed by atoms with Crippen LogP contribution in [0.4, 0.5) is 5.69 Å². The Kier molecular flexibility index (Phi) is 11.1. The van der Waals surface area contributed by atoms with Gasteiger partial charge in [-0.15, -0.1) is 0 Å². The summed E-state index contributed by atoms with van der Waals surface area (Å²) in [6.45, 7) is 6.89. The zero-order valence-electron chi connectivity index (χ0n) is 22.0. The van der Waals surface area contributed by atoms with Crippen LogP contribution in [0.3, 0.4) is 0 Å². The van der Waals surface area contributed by atoms with E-state index in [2.05, 4.69) is 5.32 Å². The maximum absolute atomic E-state index is 13.8. The third-order valence-corrected chi connectivity index (χ3v) is 7.74. The Morgan fingerprint density at radius 2 is 1.76 bits per heavy atom. The molecule has 0 fully saturated rings. The number of benzene rings is 2. The fourth-order valence-electron chi connectivity index (χ4n) is 3.78. The Hall–Kier alpha value is -2.49. The van der Waals surface area contributed by atoms with E-state index in [1.807, 2.05) is 20.8 Å². The molecule has 8 nitrogen and oxygen atoms in total. The van der Waals surface area contributed by atoms with Gasteiger partial charge in [0.1, 0.15) is 18.3 Å². The van der Waals surface area contributed by atoms with Gasteiger partial charge in [0.15, 0.2) is 0 Å². The molecular weight excluding hydrogens is 537 g/mol. The number of hydrogen-bond acceptors (Lipinski definition) is 5. The largest absolute Gasteiger partial charge is 0.495 e. The number of sulfonamides is 1. The van der Waals surface area contributed by atoms with Crippen molar-refractivity contribution in [3.8, 4) is 5.75 Å². The van der Waals surface area contributed by atoms with Gasteiger partial charge in [-0.1, -0.05) is 49.2 Å². The Bertz CT molecular complexity index is 1220. The Labute approximate surface area is 229 Å². The number of nitrogens with zero attached hydrogens (tertiary/aromatic N) is 2. The van der Waals surface area contributed by atoms with Crippen molar-refractivity contribution >= 4 is 50.7 Å². The maximum atomic E-state index is 13.8. The highest BCUT2D eigenvalue weighted by atomic mass is 35.5. The van der Waals surface area contributed by atoms with Crippen molar-refractivity contribution in [2.75, 3.05) is 24.2 Å². The average molecular weight is 573 g/mol. The third-order valence-electron chi connectivity index (χ3n) is 6.02. The topological polar surface area (TPSA) is 96.0 Å². The highest BCUT2D eigenvalue weighted by Crippen LogP contribution is 2.31. The van der Waals surface area contributed by atoms with E-state index >= 15 is 0 Å². The lowest BCUT2D eigenvalue weighted by Crippen LogP contribution is -2.53. The molecule has 2 amide bonds. The number of methoxy groups -OCH3 is 1. The van der Waals surface area contributed by atoms with Crippen LogP contribution >= 0.6 is 23.2 Å². The number of aryl methyl sites for hydroxylation is 1. The predicted octanol–water partition coefficient (Wildman–Crippen LogP) is 4.80. The number of ether oxygens (including phenoxy) is 1. The second-order valence-electron chi connectivity index (χ2n) is 8.94. The molecule has 2 aromatic rings. The van der Waals surface area contributed by atoms with Gasteiger partial charge in [0.25, 0.3) is 0 Å². The average Bonchev–Trinajstić information content (AvgIpc) is 2.82. The first-order chi connectivity index (χ1) is 17.3. The van der Waals surface area contributed by atoms with E-state index in [9.17, 15) is 18.0 Å². The summed E-state index contributed by atoms with van der Waals surface area (Å²) in [5.41, 5.74) is 1.61. The maximum Gasteiger partial charge on any atom is 0.244 e. The molecular formula is C26H35Cl2N3O5S. The lowest BCUT2D eigenvalue weighted by Gasteiger charge is -2.33. The molecule has 0 aliphatic heterocycles. The first kappa shape index (κ1) is 30.7. The van der Waals surface area contributed by atoms with Gasteiger partial charge in [-0.05, 0) is 62.1 Å². The van der Waals surface area contributed by atoms with E-state index in [1.54, 1.807) is 43.3 Å². The molecule has 0 radical (unpaired) electrons. The molecule has 0 aromatic heterocycles. The van der Waals surface area contributed by atoms with Crippen molar-refractivity contribution in [2.45, 2.75) is 59.2 Å². The van der Waals surface area contributed by atoms with Crippen molar-refractivity contribution in [3.63, 3.8) is 0 Å². The number of hydrogen-bond donors (Lipinski definition) is 1. The molecule has 2 rings (SSSR count). The summed E-state index contributed by atoms with van der Waals surface area (Å²) in [5.74, 6) is -0.585. The number of carbonyl (C=O) groups is 2. The number of nitrogens with one attached hydrogen (secondary N) is 1. The van der Waals surface area contributed by atoms with Crippen molar-refractivity contribution in [1.82, 2.24) is 10.2 Å². The summed E-state index contributed by atoms with van der Waals surface area (Å²) in [4.78, 5) is 28.4. The van der Waals surface area contributed by atoms with Crippen molar-refractivity contribution in [2.24, 2.45) is 0 Å². The smallest absolute Gasteiger partial charge is 0.244 e. The highest BCUT2D eigenvalue weighted by molar-refractivity contribution is 7.92. The van der Waals surface area contributed by atoms with E-state index in [-0.39, 0.29) is 24.2 Å². The number of amides is 2. The molecule has 204 valence electrons. The predicted molar refractivity (Wildman–Crippen MR) is 149 cm³/mol. The molecule has 2 aromatic carbocycles. The summed E-state index contributed by atoms with van der Waals surface area (Å²) >= 11 is 12.4. The van der Waals surface area contributed by atoms with E-state index < -0.39 is 28.5 Å². The van der Waals surface area contributed by atoms with Gasteiger partial charge in [-0.3, -0.25) is 13.9 Å². The van der Waals surface area contributed by atoms with E-state index in [1.165, 1.54) is 12.0 Å². The number of anilines is 1. The molecule has 0 unspecified atom stereocenters. The van der Waals surface area contributed by atoms with Crippen LogP contribution in [-0.4, -0.2) is 57.1 Å². The van der Waals surface area contributed by atoms with Crippen LogP contribution in [0.15, 0.2) is 36.4 Å². The summed E-state index contributed by atoms with van der Waals surface area (Å²) < 4.78 is 32.1. The number of carbonyl (C=O) groups excluding carboxylic acids is 2. The second kappa shape index (κ2) is 13.3. The lowest BCUT2D eigenvalue weighted by molar-refractivity contribution is -0.140. The van der Waals surface area contributed by atoms with Crippen LogP contribution in [0, 0.1) is 6.92 Å². The van der Waals surface area contributed by atoms with Crippen LogP contribution in [-0.2, 0) is 26.2 Å². The van der Waals surface area contributed by atoms with Crippen molar-refractivity contribution in [3.05, 3.63) is 57.6 Å². The van der Waals surface area contributed by atoms with Crippen LogP contribution in [0.25, 0.3) is 0 Å². The van der Waals surface area contributed by atoms with Crippen LogP contribution < -0.4 is 14.4 Å². The van der Waals surface area contributed by atoms with E-state index in [4.69, 9.17) is 27.9 Å². The van der Waals surface area contributed by atoms with Gasteiger partial charge in [0.05, 0.1) is 19.1 Å². The third kappa shape index (κ3) is 8.25. The van der Waals surface area contributed by atoms with Crippen LogP contribution in [0.2, 0.25) is 10.0 Å². The highest BCUT2D eigenvalue weighted by Gasteiger charge is 2.33. The van der Waals surface area contributed by atoms with E-state index in [0.717, 1.165) is 16.1 Å². The Balaban J connectivity index is 2.55. The van der Waals surface area contributed by atoms with Gasteiger partial charge in [-0.25, -0.2) is 8.42 Å². The zero-order valence-corrected chi connectivity index (χ0v) is 24.4. The summed E-state index contributed by atoms with van der Waals surface area (Å²) in [5, 5.41) is 3.70. The summed E-state index contributed by atoms with van der Waals surface area (Å²) in [6, 6.07) is 9.01. The SMILES string of the molecule is CC[C@H](C)NC(=O)[C@H](CC)N(Cc1ccc(Cl)cc1Cl)C(=O)CN(c1cc(C)ccc1OC)S(C)(=O)=O.